The van der Waals surface area contributed by atoms with E-state index in [-0.39, 0.29) is 11.2 Å². The van der Waals surface area contributed by atoms with E-state index in [2.05, 4.69) is 4.90 Å². The Morgan fingerprint density at radius 3 is 2.59 bits per heavy atom. The van der Waals surface area contributed by atoms with Crippen LogP contribution in [0.4, 0.5) is 0 Å². The Hall–Kier alpha value is -0.210. The second kappa shape index (κ2) is 6.73. The molecule has 0 unspecified atom stereocenters. The summed E-state index contributed by atoms with van der Waals surface area (Å²) in [6.45, 7) is 7.72. The normalized spacial score (nSPS) is 33.3. The van der Waals surface area contributed by atoms with Gasteiger partial charge in [-0.3, -0.25) is 4.90 Å². The molecule has 0 saturated carbocycles. The van der Waals surface area contributed by atoms with Gasteiger partial charge in [-0.2, -0.15) is 4.31 Å². The Bertz CT molecular complexity index is 478. The van der Waals surface area contributed by atoms with E-state index in [1.54, 1.807) is 11.2 Å². The Labute approximate surface area is 133 Å². The van der Waals surface area contributed by atoms with E-state index in [1.165, 1.54) is 0 Å². The number of nitrogens with zero attached hydrogens (tertiary/aromatic N) is 2. The van der Waals surface area contributed by atoms with Crippen molar-refractivity contribution in [3.8, 4) is 0 Å². The van der Waals surface area contributed by atoms with Gasteiger partial charge in [-0.15, -0.1) is 0 Å². The highest BCUT2D eigenvalue weighted by Gasteiger charge is 2.44. The number of hydrogen-bond donors (Lipinski definition) is 0. The van der Waals surface area contributed by atoms with Gasteiger partial charge in [-0.05, 0) is 32.7 Å². The molecule has 3 saturated heterocycles. The SMILES string of the molecule is CCS(=O)(=O)N1CCOC[C@@]2(CCN(C3CCOCC3)C2)C1. The van der Waals surface area contributed by atoms with E-state index in [0.717, 1.165) is 45.6 Å². The third-order valence-electron chi connectivity index (χ3n) is 5.34. The lowest BCUT2D eigenvalue weighted by atomic mass is 9.88. The summed E-state index contributed by atoms with van der Waals surface area (Å²) in [5.74, 6) is 0.173. The zero-order chi connectivity index (χ0) is 15.6. The van der Waals surface area contributed by atoms with Gasteiger partial charge in [-0.25, -0.2) is 8.42 Å². The molecule has 3 aliphatic rings. The molecule has 3 aliphatic heterocycles. The van der Waals surface area contributed by atoms with Crippen LogP contribution in [0.2, 0.25) is 0 Å². The minimum atomic E-state index is -3.14. The molecule has 0 radical (unpaired) electrons. The van der Waals surface area contributed by atoms with Crippen LogP contribution in [-0.4, -0.2) is 82.0 Å². The van der Waals surface area contributed by atoms with Gasteiger partial charge in [0, 0.05) is 44.3 Å². The number of likely N-dealkylation sites (tertiary alicyclic amines) is 1. The average molecular weight is 332 g/mol. The quantitative estimate of drug-likeness (QED) is 0.755. The van der Waals surface area contributed by atoms with Gasteiger partial charge >= 0.3 is 0 Å². The van der Waals surface area contributed by atoms with Crippen molar-refractivity contribution >= 4 is 10.0 Å². The first-order chi connectivity index (χ1) is 10.5. The Morgan fingerprint density at radius 1 is 1.09 bits per heavy atom. The van der Waals surface area contributed by atoms with Crippen LogP contribution in [0.3, 0.4) is 0 Å². The molecule has 0 aromatic carbocycles. The Morgan fingerprint density at radius 2 is 1.86 bits per heavy atom. The molecule has 22 heavy (non-hydrogen) atoms. The molecule has 0 aromatic heterocycles. The fraction of sp³-hybridized carbons (Fsp3) is 1.00. The van der Waals surface area contributed by atoms with E-state index in [4.69, 9.17) is 9.47 Å². The molecule has 0 bridgehead atoms. The zero-order valence-corrected chi connectivity index (χ0v) is 14.3. The lowest BCUT2D eigenvalue weighted by molar-refractivity contribution is 0.0295. The van der Waals surface area contributed by atoms with Crippen LogP contribution in [0, 0.1) is 5.41 Å². The van der Waals surface area contributed by atoms with Gasteiger partial charge in [0.2, 0.25) is 10.0 Å². The van der Waals surface area contributed by atoms with Gasteiger partial charge in [0.1, 0.15) is 0 Å². The topological polar surface area (TPSA) is 59.1 Å². The van der Waals surface area contributed by atoms with Crippen molar-refractivity contribution in [1.29, 1.82) is 0 Å². The van der Waals surface area contributed by atoms with Crippen LogP contribution < -0.4 is 0 Å². The van der Waals surface area contributed by atoms with Crippen molar-refractivity contribution in [2.45, 2.75) is 32.2 Å². The molecule has 0 aliphatic carbocycles. The molecule has 6 nitrogen and oxygen atoms in total. The largest absolute Gasteiger partial charge is 0.381 e. The summed E-state index contributed by atoms with van der Waals surface area (Å²) in [4.78, 5) is 2.54. The van der Waals surface area contributed by atoms with Crippen LogP contribution in [0.15, 0.2) is 0 Å². The second-order valence-corrected chi connectivity index (χ2v) is 9.11. The van der Waals surface area contributed by atoms with Crippen molar-refractivity contribution in [3.05, 3.63) is 0 Å². The van der Waals surface area contributed by atoms with Crippen molar-refractivity contribution in [2.24, 2.45) is 5.41 Å². The molecule has 128 valence electrons. The molecule has 0 N–H and O–H groups in total. The maximum atomic E-state index is 12.3. The number of ether oxygens (including phenoxy) is 2. The van der Waals surface area contributed by atoms with Crippen molar-refractivity contribution in [3.63, 3.8) is 0 Å². The maximum Gasteiger partial charge on any atom is 0.213 e. The van der Waals surface area contributed by atoms with E-state index in [9.17, 15) is 8.42 Å². The van der Waals surface area contributed by atoms with Gasteiger partial charge in [0.15, 0.2) is 0 Å². The first-order valence-corrected chi connectivity index (χ1v) is 10.0. The summed E-state index contributed by atoms with van der Waals surface area (Å²) in [6.07, 6.45) is 3.21. The summed E-state index contributed by atoms with van der Waals surface area (Å²) in [5.41, 5.74) is -0.0307. The first-order valence-electron chi connectivity index (χ1n) is 8.42. The monoisotopic (exact) mass is 332 g/mol. The van der Waals surface area contributed by atoms with Gasteiger partial charge in [0.05, 0.1) is 19.0 Å². The molecule has 1 atom stereocenters. The van der Waals surface area contributed by atoms with Crippen LogP contribution in [0.1, 0.15) is 26.2 Å². The average Bonchev–Trinajstić information content (AvgIpc) is 2.82. The highest BCUT2D eigenvalue weighted by molar-refractivity contribution is 7.89. The molecule has 3 fully saturated rings. The van der Waals surface area contributed by atoms with Crippen molar-refractivity contribution in [2.75, 3.05) is 58.4 Å². The number of hydrogen-bond acceptors (Lipinski definition) is 5. The standard InChI is InChI=1S/C15H28N2O4S/c1-2-22(18,19)17-7-10-21-13-15(12-17)5-6-16(11-15)14-3-8-20-9-4-14/h14H,2-13H2,1H3/t15-/m1/s1. The predicted octanol–water partition coefficient (Wildman–Crippen LogP) is 0.539. The molecular weight excluding hydrogens is 304 g/mol. The molecule has 3 heterocycles. The lowest BCUT2D eigenvalue weighted by Crippen LogP contribution is -2.45. The molecule has 0 amide bonds. The molecule has 1 spiro atoms. The minimum Gasteiger partial charge on any atom is -0.381 e. The molecule has 0 aromatic rings. The summed E-state index contributed by atoms with van der Waals surface area (Å²) < 4.78 is 37.4. The van der Waals surface area contributed by atoms with Gasteiger partial charge in [-0.1, -0.05) is 0 Å². The van der Waals surface area contributed by atoms with Crippen molar-refractivity contribution < 1.29 is 17.9 Å². The highest BCUT2D eigenvalue weighted by atomic mass is 32.2. The van der Waals surface area contributed by atoms with E-state index in [1.807, 2.05) is 0 Å². The van der Waals surface area contributed by atoms with Crippen LogP contribution in [-0.2, 0) is 19.5 Å². The fourth-order valence-electron chi connectivity index (χ4n) is 3.95. The molecule has 7 heteroatoms. The summed E-state index contributed by atoms with van der Waals surface area (Å²) in [5, 5.41) is 0. The van der Waals surface area contributed by atoms with Crippen LogP contribution >= 0.6 is 0 Å². The summed E-state index contributed by atoms with van der Waals surface area (Å²) >= 11 is 0. The summed E-state index contributed by atoms with van der Waals surface area (Å²) in [6, 6.07) is 0.590. The lowest BCUT2D eigenvalue weighted by Gasteiger charge is -2.34. The number of sulfonamides is 1. The van der Waals surface area contributed by atoms with Gasteiger partial charge < -0.3 is 9.47 Å². The zero-order valence-electron chi connectivity index (χ0n) is 13.5. The number of rotatable bonds is 3. The van der Waals surface area contributed by atoms with Gasteiger partial charge in [0.25, 0.3) is 0 Å². The van der Waals surface area contributed by atoms with Crippen LogP contribution in [0.5, 0.6) is 0 Å². The smallest absolute Gasteiger partial charge is 0.213 e. The van der Waals surface area contributed by atoms with E-state index in [0.29, 0.717) is 32.3 Å². The highest BCUT2D eigenvalue weighted by Crippen LogP contribution is 2.36. The summed E-state index contributed by atoms with van der Waals surface area (Å²) in [7, 11) is -3.14. The van der Waals surface area contributed by atoms with E-state index >= 15 is 0 Å². The fourth-order valence-corrected chi connectivity index (χ4v) is 5.14. The van der Waals surface area contributed by atoms with Crippen molar-refractivity contribution in [1.82, 2.24) is 9.21 Å². The second-order valence-electron chi connectivity index (χ2n) is 6.85. The first kappa shape index (κ1) is 16.6. The van der Waals surface area contributed by atoms with Crippen LogP contribution in [0.25, 0.3) is 0 Å². The third-order valence-corrected chi connectivity index (χ3v) is 7.17. The third kappa shape index (κ3) is 3.48. The molecule has 3 rings (SSSR count). The van der Waals surface area contributed by atoms with E-state index < -0.39 is 10.0 Å². The predicted molar refractivity (Wildman–Crippen MR) is 84.3 cm³/mol. The Balaban J connectivity index is 1.69. The maximum absolute atomic E-state index is 12.3. The Kier molecular flexibility index (Phi) is 5.09. The minimum absolute atomic E-state index is 0.0307. The molecular formula is C15H28N2O4S.